The highest BCUT2D eigenvalue weighted by atomic mass is 32.2. The van der Waals surface area contributed by atoms with E-state index in [0.717, 1.165) is 0 Å². The zero-order valence-corrected chi connectivity index (χ0v) is 10.9. The molecule has 1 N–H and O–H groups in total. The lowest BCUT2D eigenvalue weighted by Crippen LogP contribution is -2.37. The number of rotatable bonds is 4. The van der Waals surface area contributed by atoms with Crippen molar-refractivity contribution in [1.82, 2.24) is 4.72 Å². The molecule has 0 aliphatic carbocycles. The molecule has 1 unspecified atom stereocenters. The van der Waals surface area contributed by atoms with Crippen LogP contribution >= 0.6 is 0 Å². The van der Waals surface area contributed by atoms with Crippen LogP contribution in [0.5, 0.6) is 0 Å². The largest absolute Gasteiger partial charge is 0.243 e. The molecular formula is C12H13N3O2S. The first-order chi connectivity index (χ1) is 8.42. The van der Waals surface area contributed by atoms with Crippen molar-refractivity contribution < 1.29 is 8.42 Å². The van der Waals surface area contributed by atoms with E-state index in [-0.39, 0.29) is 16.4 Å². The number of nitriles is 2. The van der Waals surface area contributed by atoms with E-state index in [0.29, 0.717) is 0 Å². The fourth-order valence-electron chi connectivity index (χ4n) is 1.34. The number of nitrogens with one attached hydrogen (secondary N) is 1. The van der Waals surface area contributed by atoms with Crippen LogP contribution in [0.2, 0.25) is 0 Å². The summed E-state index contributed by atoms with van der Waals surface area (Å²) in [5.74, 6) is -0.154. The first-order valence-corrected chi connectivity index (χ1v) is 6.81. The van der Waals surface area contributed by atoms with Crippen molar-refractivity contribution in [3.8, 4) is 12.1 Å². The molecule has 5 nitrogen and oxygen atoms in total. The maximum absolute atomic E-state index is 12.1. The summed E-state index contributed by atoms with van der Waals surface area (Å²) < 4.78 is 26.4. The van der Waals surface area contributed by atoms with Gasteiger partial charge < -0.3 is 0 Å². The van der Waals surface area contributed by atoms with E-state index in [9.17, 15) is 8.42 Å². The molecule has 0 amide bonds. The summed E-state index contributed by atoms with van der Waals surface area (Å²) in [5, 5.41) is 17.8. The van der Waals surface area contributed by atoms with Gasteiger partial charge in [-0.05, 0) is 18.1 Å². The minimum absolute atomic E-state index is 0.0606. The average molecular weight is 263 g/mol. The van der Waals surface area contributed by atoms with E-state index in [1.54, 1.807) is 19.9 Å². The normalized spacial score (nSPS) is 12.7. The summed E-state index contributed by atoms with van der Waals surface area (Å²) >= 11 is 0. The minimum atomic E-state index is -3.85. The summed E-state index contributed by atoms with van der Waals surface area (Å²) in [4.78, 5) is -0.103. The van der Waals surface area contributed by atoms with E-state index in [4.69, 9.17) is 10.5 Å². The molecule has 0 saturated heterocycles. The fourth-order valence-corrected chi connectivity index (χ4v) is 2.78. The lowest BCUT2D eigenvalue weighted by molar-refractivity contribution is 0.515. The van der Waals surface area contributed by atoms with Crippen molar-refractivity contribution in [2.45, 2.75) is 24.8 Å². The van der Waals surface area contributed by atoms with Crippen molar-refractivity contribution in [3.63, 3.8) is 0 Å². The molecule has 0 saturated carbocycles. The lowest BCUT2D eigenvalue weighted by Gasteiger charge is -2.15. The monoisotopic (exact) mass is 263 g/mol. The molecule has 94 valence electrons. The molecule has 0 fully saturated rings. The van der Waals surface area contributed by atoms with Crippen molar-refractivity contribution in [2.75, 3.05) is 0 Å². The Morgan fingerprint density at radius 2 is 1.83 bits per heavy atom. The number of hydrogen-bond acceptors (Lipinski definition) is 4. The maximum atomic E-state index is 12.1. The van der Waals surface area contributed by atoms with Gasteiger partial charge in [0.2, 0.25) is 10.0 Å². The highest BCUT2D eigenvalue weighted by Gasteiger charge is 2.24. The van der Waals surface area contributed by atoms with Crippen molar-refractivity contribution in [1.29, 1.82) is 10.5 Å². The standard InChI is InChI=1S/C12H13N3O2S/c1-9(2)11(8-14)15-18(16,17)12-6-4-3-5-10(12)7-13/h3-6,9,11,15H,1-2H3. The smallest absolute Gasteiger partial charge is 0.207 e. The maximum Gasteiger partial charge on any atom is 0.243 e. The molecule has 0 spiro atoms. The van der Waals surface area contributed by atoms with Crippen molar-refractivity contribution in [3.05, 3.63) is 29.8 Å². The number of hydrogen-bond donors (Lipinski definition) is 1. The Morgan fingerprint density at radius 1 is 1.22 bits per heavy atom. The van der Waals surface area contributed by atoms with Crippen LogP contribution < -0.4 is 4.72 Å². The summed E-state index contributed by atoms with van der Waals surface area (Å²) in [7, 11) is -3.85. The highest BCUT2D eigenvalue weighted by Crippen LogP contribution is 2.15. The van der Waals surface area contributed by atoms with Crippen LogP contribution in [-0.4, -0.2) is 14.5 Å². The zero-order valence-electron chi connectivity index (χ0n) is 10.1. The third kappa shape index (κ3) is 3.07. The molecule has 1 aromatic carbocycles. The Kier molecular flexibility index (Phi) is 4.43. The molecule has 0 bridgehead atoms. The van der Waals surface area contributed by atoms with E-state index in [2.05, 4.69) is 4.72 Å². The Balaban J connectivity index is 3.16. The highest BCUT2D eigenvalue weighted by molar-refractivity contribution is 7.89. The molecule has 0 aliphatic heterocycles. The molecule has 0 aromatic heterocycles. The van der Waals surface area contributed by atoms with Gasteiger partial charge in [0.15, 0.2) is 0 Å². The van der Waals surface area contributed by atoms with Crippen LogP contribution in [0.15, 0.2) is 29.2 Å². The SMILES string of the molecule is CC(C)C(C#N)NS(=O)(=O)c1ccccc1C#N. The second-order valence-corrected chi connectivity index (χ2v) is 5.76. The minimum Gasteiger partial charge on any atom is -0.207 e. The van der Waals surface area contributed by atoms with Crippen LogP contribution in [0.4, 0.5) is 0 Å². The molecule has 1 rings (SSSR count). The quantitative estimate of drug-likeness (QED) is 0.888. The topological polar surface area (TPSA) is 93.8 Å². The Morgan fingerprint density at radius 3 is 2.33 bits per heavy atom. The predicted molar refractivity (Wildman–Crippen MR) is 65.7 cm³/mol. The van der Waals surface area contributed by atoms with Crippen LogP contribution in [0.3, 0.4) is 0 Å². The number of benzene rings is 1. The third-order valence-electron chi connectivity index (χ3n) is 2.38. The molecule has 1 aromatic rings. The molecule has 0 heterocycles. The van der Waals surface area contributed by atoms with Gasteiger partial charge in [0.05, 0.1) is 16.5 Å². The van der Waals surface area contributed by atoms with Crippen LogP contribution in [0, 0.1) is 28.6 Å². The van der Waals surface area contributed by atoms with Gasteiger partial charge in [0, 0.05) is 0 Å². The Bertz CT molecular complexity index is 609. The second kappa shape index (κ2) is 5.63. The van der Waals surface area contributed by atoms with Gasteiger partial charge in [0.1, 0.15) is 12.1 Å². The molecule has 18 heavy (non-hydrogen) atoms. The van der Waals surface area contributed by atoms with E-state index in [1.165, 1.54) is 18.2 Å². The van der Waals surface area contributed by atoms with Gasteiger partial charge in [-0.15, -0.1) is 0 Å². The van der Waals surface area contributed by atoms with Gasteiger partial charge in [-0.3, -0.25) is 0 Å². The number of nitrogens with zero attached hydrogens (tertiary/aromatic N) is 2. The summed E-state index contributed by atoms with van der Waals surface area (Å²) in [6.07, 6.45) is 0. The Hall–Kier alpha value is -1.89. The summed E-state index contributed by atoms with van der Waals surface area (Å²) in [5.41, 5.74) is 0.0606. The van der Waals surface area contributed by atoms with Crippen LogP contribution in [-0.2, 0) is 10.0 Å². The van der Waals surface area contributed by atoms with E-state index < -0.39 is 16.1 Å². The summed E-state index contributed by atoms with van der Waals surface area (Å²) in [6, 6.07) is 8.78. The fraction of sp³-hybridized carbons (Fsp3) is 0.333. The van der Waals surface area contributed by atoms with Gasteiger partial charge in [-0.2, -0.15) is 15.2 Å². The molecule has 6 heteroatoms. The average Bonchev–Trinajstić information content (AvgIpc) is 2.35. The van der Waals surface area contributed by atoms with Gasteiger partial charge in [-0.25, -0.2) is 8.42 Å². The van der Waals surface area contributed by atoms with E-state index >= 15 is 0 Å². The van der Waals surface area contributed by atoms with Crippen molar-refractivity contribution in [2.24, 2.45) is 5.92 Å². The second-order valence-electron chi connectivity index (χ2n) is 4.08. The van der Waals surface area contributed by atoms with Gasteiger partial charge in [0.25, 0.3) is 0 Å². The number of sulfonamides is 1. The zero-order chi connectivity index (χ0) is 13.8. The molecule has 0 radical (unpaired) electrons. The van der Waals surface area contributed by atoms with Gasteiger partial charge >= 0.3 is 0 Å². The van der Waals surface area contributed by atoms with E-state index in [1.807, 2.05) is 12.1 Å². The van der Waals surface area contributed by atoms with Gasteiger partial charge in [-0.1, -0.05) is 26.0 Å². The van der Waals surface area contributed by atoms with Crippen LogP contribution in [0.1, 0.15) is 19.4 Å². The molecular weight excluding hydrogens is 250 g/mol. The van der Waals surface area contributed by atoms with Crippen molar-refractivity contribution >= 4 is 10.0 Å². The molecule has 0 aliphatic rings. The van der Waals surface area contributed by atoms with Crippen LogP contribution in [0.25, 0.3) is 0 Å². The third-order valence-corrected chi connectivity index (χ3v) is 3.88. The molecule has 1 atom stereocenters. The summed E-state index contributed by atoms with van der Waals surface area (Å²) in [6.45, 7) is 3.49. The first-order valence-electron chi connectivity index (χ1n) is 5.33. The first kappa shape index (κ1) is 14.2. The predicted octanol–water partition coefficient (Wildman–Crippen LogP) is 1.38. The lowest BCUT2D eigenvalue weighted by atomic mass is 10.1. The Labute approximate surface area is 107 Å².